The maximum Gasteiger partial charge on any atom is 0.255 e. The van der Waals surface area contributed by atoms with Crippen LogP contribution in [0.25, 0.3) is 5.57 Å². The van der Waals surface area contributed by atoms with Crippen LogP contribution in [-0.2, 0) is 4.79 Å². The zero-order valence-corrected chi connectivity index (χ0v) is 13.7. The second kappa shape index (κ2) is 6.20. The molecule has 1 N–H and O–H groups in total. The van der Waals surface area contributed by atoms with Crippen molar-refractivity contribution < 1.29 is 19.1 Å². The fourth-order valence-corrected chi connectivity index (χ4v) is 2.91. The summed E-state index contributed by atoms with van der Waals surface area (Å²) in [6.07, 6.45) is 0. The summed E-state index contributed by atoms with van der Waals surface area (Å²) in [5.41, 5.74) is 2.63. The van der Waals surface area contributed by atoms with Gasteiger partial charge in [-0.3, -0.25) is 9.59 Å². The predicted octanol–water partition coefficient (Wildman–Crippen LogP) is 2.45. The van der Waals surface area contributed by atoms with Gasteiger partial charge in [0.2, 0.25) is 0 Å². The van der Waals surface area contributed by atoms with Gasteiger partial charge in [-0.15, -0.1) is 0 Å². The molecule has 0 radical (unpaired) electrons. The Morgan fingerprint density at radius 1 is 0.958 bits per heavy atom. The van der Waals surface area contributed by atoms with Gasteiger partial charge in [0.15, 0.2) is 5.78 Å². The minimum atomic E-state index is -0.413. The minimum absolute atomic E-state index is 0.127. The lowest BCUT2D eigenvalue weighted by Gasteiger charge is -2.13. The Morgan fingerprint density at radius 2 is 1.67 bits per heavy atom. The molecule has 0 fully saturated rings. The molecule has 0 saturated heterocycles. The molecule has 0 unspecified atom stereocenters. The highest BCUT2D eigenvalue weighted by molar-refractivity contribution is 6.36. The third-order valence-electron chi connectivity index (χ3n) is 4.05. The van der Waals surface area contributed by atoms with Gasteiger partial charge in [0.1, 0.15) is 11.5 Å². The molecular weight excluding hydrogens is 306 g/mol. The lowest BCUT2D eigenvalue weighted by molar-refractivity contribution is -0.116. The highest BCUT2D eigenvalue weighted by atomic mass is 16.5. The van der Waals surface area contributed by atoms with E-state index in [9.17, 15) is 9.59 Å². The highest BCUT2D eigenvalue weighted by Crippen LogP contribution is 2.42. The summed E-state index contributed by atoms with van der Waals surface area (Å²) in [5.74, 6) is 0.479. The van der Waals surface area contributed by atoms with Gasteiger partial charge in [0.05, 0.1) is 19.8 Å². The van der Waals surface area contributed by atoms with E-state index in [2.05, 4.69) is 5.32 Å². The number of ketones is 1. The number of hydrogen-bond donors (Lipinski definition) is 1. The van der Waals surface area contributed by atoms with Crippen molar-refractivity contribution in [2.45, 2.75) is 0 Å². The fourth-order valence-electron chi connectivity index (χ4n) is 2.91. The Morgan fingerprint density at radius 3 is 2.29 bits per heavy atom. The molecule has 2 aromatic rings. The summed E-state index contributed by atoms with van der Waals surface area (Å²) < 4.78 is 10.7. The number of likely N-dealkylation sites (N-methyl/N-ethyl adjacent to an activating group) is 1. The molecule has 0 aromatic heterocycles. The molecule has 1 amide bonds. The molecule has 0 atom stereocenters. The van der Waals surface area contributed by atoms with E-state index in [1.54, 1.807) is 44.6 Å². The van der Waals surface area contributed by atoms with Crippen molar-refractivity contribution in [2.75, 3.05) is 21.3 Å². The average molecular weight is 323 g/mol. The molecule has 5 heteroatoms. The molecule has 1 aliphatic carbocycles. The van der Waals surface area contributed by atoms with Gasteiger partial charge >= 0.3 is 0 Å². The standard InChI is InChI=1S/C19H17NO4/c1-20-19(22)17-16(12-6-4-5-7-13(12)18(17)21)14-9-8-11(23-2)10-15(14)24-3/h4-10H,1-3H3,(H,20,22). The van der Waals surface area contributed by atoms with Crippen LogP contribution in [0.3, 0.4) is 0 Å². The van der Waals surface area contributed by atoms with Gasteiger partial charge in [0, 0.05) is 29.8 Å². The second-order valence-corrected chi connectivity index (χ2v) is 5.27. The molecular formula is C19H17NO4. The Kier molecular flexibility index (Phi) is 4.08. The van der Waals surface area contributed by atoms with Crippen molar-refractivity contribution in [1.29, 1.82) is 0 Å². The van der Waals surface area contributed by atoms with Gasteiger partial charge in [-0.1, -0.05) is 24.3 Å². The number of amides is 1. The molecule has 24 heavy (non-hydrogen) atoms. The Bertz CT molecular complexity index is 867. The van der Waals surface area contributed by atoms with E-state index >= 15 is 0 Å². The molecule has 0 saturated carbocycles. The van der Waals surface area contributed by atoms with Crippen LogP contribution in [0.15, 0.2) is 48.0 Å². The Balaban J connectivity index is 2.31. The van der Waals surface area contributed by atoms with Crippen LogP contribution in [0.5, 0.6) is 11.5 Å². The number of nitrogens with one attached hydrogen (secondary N) is 1. The number of carbonyl (C=O) groups excluding carboxylic acids is 2. The van der Waals surface area contributed by atoms with Crippen molar-refractivity contribution in [3.63, 3.8) is 0 Å². The summed E-state index contributed by atoms with van der Waals surface area (Å²) >= 11 is 0. The third-order valence-corrected chi connectivity index (χ3v) is 4.05. The lowest BCUT2D eigenvalue weighted by atomic mass is 9.96. The molecule has 3 rings (SSSR count). The van der Waals surface area contributed by atoms with Crippen molar-refractivity contribution >= 4 is 17.3 Å². The predicted molar refractivity (Wildman–Crippen MR) is 90.4 cm³/mol. The summed E-state index contributed by atoms with van der Waals surface area (Å²) in [5, 5.41) is 2.55. The normalized spacial score (nSPS) is 12.9. The minimum Gasteiger partial charge on any atom is -0.497 e. The van der Waals surface area contributed by atoms with Gasteiger partial charge in [-0.2, -0.15) is 0 Å². The first kappa shape index (κ1) is 15.8. The maximum atomic E-state index is 12.7. The number of carbonyl (C=O) groups is 2. The van der Waals surface area contributed by atoms with Crippen LogP contribution in [0.4, 0.5) is 0 Å². The number of fused-ring (bicyclic) bond motifs is 1. The van der Waals surface area contributed by atoms with Crippen molar-refractivity contribution in [1.82, 2.24) is 5.32 Å². The Labute approximate surface area is 139 Å². The summed E-state index contributed by atoms with van der Waals surface area (Å²) in [7, 11) is 4.62. The zero-order valence-electron chi connectivity index (χ0n) is 13.7. The number of benzene rings is 2. The van der Waals surface area contributed by atoms with Crippen LogP contribution < -0.4 is 14.8 Å². The zero-order chi connectivity index (χ0) is 17.3. The average Bonchev–Trinajstić information content (AvgIpc) is 2.93. The molecule has 5 nitrogen and oxygen atoms in total. The van der Waals surface area contributed by atoms with Crippen molar-refractivity contribution in [3.8, 4) is 11.5 Å². The van der Waals surface area contributed by atoms with Crippen LogP contribution in [0.1, 0.15) is 21.5 Å². The number of rotatable bonds is 4. The number of Topliss-reactive ketones (excluding diaryl/α,β-unsaturated/α-hetero) is 1. The molecule has 1 aliphatic rings. The largest absolute Gasteiger partial charge is 0.497 e. The van der Waals surface area contributed by atoms with E-state index in [1.807, 2.05) is 12.1 Å². The fraction of sp³-hybridized carbons (Fsp3) is 0.158. The molecule has 122 valence electrons. The monoisotopic (exact) mass is 323 g/mol. The summed E-state index contributed by atoms with van der Waals surface area (Å²) in [4.78, 5) is 25.1. The van der Waals surface area contributed by atoms with Gasteiger partial charge < -0.3 is 14.8 Å². The second-order valence-electron chi connectivity index (χ2n) is 5.27. The lowest BCUT2D eigenvalue weighted by Crippen LogP contribution is -2.24. The maximum absolute atomic E-state index is 12.7. The third kappa shape index (κ3) is 2.34. The topological polar surface area (TPSA) is 64.6 Å². The summed E-state index contributed by atoms with van der Waals surface area (Å²) in [6, 6.07) is 12.5. The van der Waals surface area contributed by atoms with E-state index in [1.165, 1.54) is 7.05 Å². The van der Waals surface area contributed by atoms with Gasteiger partial charge in [-0.25, -0.2) is 0 Å². The number of ether oxygens (including phenoxy) is 2. The van der Waals surface area contributed by atoms with Crippen LogP contribution in [0, 0.1) is 0 Å². The van der Waals surface area contributed by atoms with Crippen LogP contribution in [0.2, 0.25) is 0 Å². The Hall–Kier alpha value is -3.08. The number of methoxy groups -OCH3 is 2. The first-order chi connectivity index (χ1) is 11.6. The van der Waals surface area contributed by atoms with E-state index in [4.69, 9.17) is 9.47 Å². The van der Waals surface area contributed by atoms with E-state index < -0.39 is 5.91 Å². The SMILES string of the molecule is CNC(=O)C1=C(c2ccc(OC)cc2OC)c2ccccc2C1=O. The molecule has 0 spiro atoms. The van der Waals surface area contributed by atoms with Gasteiger partial charge in [-0.05, 0) is 17.7 Å². The van der Waals surface area contributed by atoms with Crippen molar-refractivity contribution in [3.05, 3.63) is 64.7 Å². The first-order valence-corrected chi connectivity index (χ1v) is 7.45. The quantitative estimate of drug-likeness (QED) is 0.878. The summed E-state index contributed by atoms with van der Waals surface area (Å²) in [6.45, 7) is 0. The van der Waals surface area contributed by atoms with Crippen LogP contribution in [-0.4, -0.2) is 33.0 Å². The van der Waals surface area contributed by atoms with Gasteiger partial charge in [0.25, 0.3) is 5.91 Å². The van der Waals surface area contributed by atoms with E-state index in [0.29, 0.717) is 28.2 Å². The first-order valence-electron chi connectivity index (χ1n) is 7.45. The molecule has 2 aromatic carbocycles. The van der Waals surface area contributed by atoms with E-state index in [-0.39, 0.29) is 11.4 Å². The number of hydrogen-bond acceptors (Lipinski definition) is 4. The molecule has 0 bridgehead atoms. The molecule has 0 heterocycles. The highest BCUT2D eigenvalue weighted by Gasteiger charge is 2.35. The smallest absolute Gasteiger partial charge is 0.255 e. The molecule has 0 aliphatic heterocycles. The van der Waals surface area contributed by atoms with E-state index in [0.717, 1.165) is 5.56 Å². The van der Waals surface area contributed by atoms with Crippen molar-refractivity contribution in [2.24, 2.45) is 0 Å². The van der Waals surface area contributed by atoms with Crippen LogP contribution >= 0.6 is 0 Å².